The molecule has 0 bridgehead atoms. The third-order valence-corrected chi connectivity index (χ3v) is 3.84. The van der Waals surface area contributed by atoms with Crippen LogP contribution in [0.4, 0.5) is 11.4 Å². The minimum atomic E-state index is -0.300. The van der Waals surface area contributed by atoms with Crippen molar-refractivity contribution in [2.24, 2.45) is 0 Å². The number of benzene rings is 2. The Labute approximate surface area is 166 Å². The number of amides is 2. The molecule has 5 nitrogen and oxygen atoms in total. The zero-order valence-corrected chi connectivity index (χ0v) is 16.0. The molecule has 3 N–H and O–H groups in total. The predicted octanol–water partition coefficient (Wildman–Crippen LogP) is 4.48. The molecule has 26 heavy (non-hydrogen) atoms. The van der Waals surface area contributed by atoms with Crippen molar-refractivity contribution in [3.63, 3.8) is 0 Å². The molecule has 2 aromatic rings. The van der Waals surface area contributed by atoms with E-state index >= 15 is 0 Å². The maximum absolute atomic E-state index is 12.0. The number of carbonyl (C=O) groups is 2. The van der Waals surface area contributed by atoms with E-state index in [1.807, 2.05) is 0 Å². The second-order valence-electron chi connectivity index (χ2n) is 5.20. The zero-order chi connectivity index (χ0) is 19.1. The first-order chi connectivity index (χ1) is 12.3. The monoisotopic (exact) mass is 407 g/mol. The molecule has 0 fully saturated rings. The summed E-state index contributed by atoms with van der Waals surface area (Å²) in [6, 6.07) is 11.9. The van der Waals surface area contributed by atoms with Crippen molar-refractivity contribution in [2.45, 2.75) is 6.92 Å². The van der Waals surface area contributed by atoms with Crippen molar-refractivity contribution >= 4 is 69.8 Å². The number of hydrogen-bond donors (Lipinski definition) is 3. The van der Waals surface area contributed by atoms with Gasteiger partial charge in [0.25, 0.3) is 0 Å². The number of rotatable bonds is 4. The van der Waals surface area contributed by atoms with E-state index in [9.17, 15) is 9.59 Å². The van der Waals surface area contributed by atoms with Gasteiger partial charge in [-0.25, -0.2) is 0 Å². The Morgan fingerprint density at radius 2 is 1.62 bits per heavy atom. The molecular formula is C18H15Cl2N3O2S. The first kappa shape index (κ1) is 19.9. The number of carbonyl (C=O) groups excluding carboxylic acids is 2. The lowest BCUT2D eigenvalue weighted by Crippen LogP contribution is -2.32. The predicted molar refractivity (Wildman–Crippen MR) is 111 cm³/mol. The van der Waals surface area contributed by atoms with E-state index in [4.69, 9.17) is 35.4 Å². The molecule has 2 amide bonds. The van der Waals surface area contributed by atoms with Crippen LogP contribution in [0.15, 0.2) is 48.5 Å². The molecule has 0 radical (unpaired) electrons. The van der Waals surface area contributed by atoms with Gasteiger partial charge in [0, 0.05) is 34.4 Å². The largest absolute Gasteiger partial charge is 0.332 e. The van der Waals surface area contributed by atoms with E-state index in [-0.39, 0.29) is 16.9 Å². The van der Waals surface area contributed by atoms with Crippen LogP contribution in [0, 0.1) is 0 Å². The van der Waals surface area contributed by atoms with Crippen LogP contribution in [-0.4, -0.2) is 16.9 Å². The average Bonchev–Trinajstić information content (AvgIpc) is 2.55. The van der Waals surface area contributed by atoms with E-state index in [0.717, 1.165) is 0 Å². The first-order valence-electron chi connectivity index (χ1n) is 7.46. The van der Waals surface area contributed by atoms with Gasteiger partial charge in [0.1, 0.15) is 0 Å². The molecule has 0 unspecified atom stereocenters. The molecule has 2 aromatic carbocycles. The Kier molecular flexibility index (Phi) is 7.15. The number of halogens is 2. The lowest BCUT2D eigenvalue weighted by Gasteiger charge is -2.09. The van der Waals surface area contributed by atoms with Crippen LogP contribution in [0.25, 0.3) is 6.08 Å². The van der Waals surface area contributed by atoms with Gasteiger partial charge >= 0.3 is 0 Å². The van der Waals surface area contributed by atoms with E-state index in [0.29, 0.717) is 27.0 Å². The van der Waals surface area contributed by atoms with Crippen molar-refractivity contribution in [2.75, 3.05) is 10.6 Å². The Morgan fingerprint density at radius 3 is 2.19 bits per heavy atom. The van der Waals surface area contributed by atoms with E-state index in [1.165, 1.54) is 13.0 Å². The summed E-state index contributed by atoms with van der Waals surface area (Å²) in [6.45, 7) is 1.37. The summed E-state index contributed by atoms with van der Waals surface area (Å²) in [5.74, 6) is -0.551. The topological polar surface area (TPSA) is 70.2 Å². The average molecular weight is 408 g/mol. The van der Waals surface area contributed by atoms with Gasteiger partial charge in [0.15, 0.2) is 5.11 Å². The molecule has 0 aliphatic heterocycles. The lowest BCUT2D eigenvalue weighted by atomic mass is 10.2. The van der Waals surface area contributed by atoms with Gasteiger partial charge in [-0.2, -0.15) is 0 Å². The zero-order valence-electron chi connectivity index (χ0n) is 13.7. The molecule has 0 aromatic heterocycles. The molecule has 8 heteroatoms. The van der Waals surface area contributed by atoms with E-state index in [1.54, 1.807) is 48.5 Å². The molecule has 0 spiro atoms. The molecule has 0 heterocycles. The Hall–Kier alpha value is -2.41. The van der Waals surface area contributed by atoms with Crippen molar-refractivity contribution in [3.8, 4) is 0 Å². The molecule has 0 aliphatic rings. The quantitative estimate of drug-likeness (QED) is 0.516. The van der Waals surface area contributed by atoms with Crippen LogP contribution in [0.5, 0.6) is 0 Å². The van der Waals surface area contributed by atoms with Gasteiger partial charge in [-0.1, -0.05) is 29.3 Å². The van der Waals surface area contributed by atoms with E-state index < -0.39 is 0 Å². The van der Waals surface area contributed by atoms with Crippen LogP contribution in [0.1, 0.15) is 12.5 Å². The maximum atomic E-state index is 12.0. The van der Waals surface area contributed by atoms with Crippen LogP contribution < -0.4 is 16.0 Å². The fraction of sp³-hybridized carbons (Fsp3) is 0.0556. The van der Waals surface area contributed by atoms with Gasteiger partial charge in [0.05, 0.1) is 0 Å². The Morgan fingerprint density at radius 1 is 1.00 bits per heavy atom. The molecule has 0 saturated heterocycles. The normalized spacial score (nSPS) is 10.4. The summed E-state index contributed by atoms with van der Waals surface area (Å²) in [5, 5.41) is 9.25. The fourth-order valence-corrected chi connectivity index (χ4v) is 2.68. The van der Waals surface area contributed by atoms with Crippen molar-refractivity contribution < 1.29 is 9.59 Å². The smallest absolute Gasteiger partial charge is 0.248 e. The summed E-state index contributed by atoms with van der Waals surface area (Å²) in [7, 11) is 0. The molecule has 0 saturated carbocycles. The summed E-state index contributed by atoms with van der Waals surface area (Å²) in [5.41, 5.74) is 1.99. The second-order valence-corrected chi connectivity index (χ2v) is 6.45. The number of thiocarbonyl (C=S) groups is 1. The molecule has 0 aliphatic carbocycles. The maximum Gasteiger partial charge on any atom is 0.248 e. The summed E-state index contributed by atoms with van der Waals surface area (Å²) >= 11 is 16.9. The number of hydrogen-bond acceptors (Lipinski definition) is 3. The summed E-state index contributed by atoms with van der Waals surface area (Å²) in [6.07, 6.45) is 2.99. The minimum absolute atomic E-state index is 0.206. The number of anilines is 2. The summed E-state index contributed by atoms with van der Waals surface area (Å²) < 4.78 is 0. The van der Waals surface area contributed by atoms with E-state index in [2.05, 4.69) is 16.0 Å². The molecule has 0 atom stereocenters. The van der Waals surface area contributed by atoms with Crippen LogP contribution in [0.3, 0.4) is 0 Å². The molecule has 134 valence electrons. The Bertz CT molecular complexity index is 867. The van der Waals surface area contributed by atoms with Crippen LogP contribution in [-0.2, 0) is 9.59 Å². The highest BCUT2D eigenvalue weighted by atomic mass is 35.5. The first-order valence-corrected chi connectivity index (χ1v) is 8.62. The molecule has 2 rings (SSSR count). The minimum Gasteiger partial charge on any atom is -0.332 e. The van der Waals surface area contributed by atoms with Gasteiger partial charge in [-0.3, -0.25) is 9.59 Å². The van der Waals surface area contributed by atoms with Gasteiger partial charge < -0.3 is 16.0 Å². The molecular weight excluding hydrogens is 393 g/mol. The highest BCUT2D eigenvalue weighted by Gasteiger charge is 2.02. The van der Waals surface area contributed by atoms with Crippen LogP contribution >= 0.6 is 35.4 Å². The second kappa shape index (κ2) is 9.33. The van der Waals surface area contributed by atoms with Crippen molar-refractivity contribution in [3.05, 3.63) is 64.1 Å². The van der Waals surface area contributed by atoms with Crippen LogP contribution in [0.2, 0.25) is 10.0 Å². The third kappa shape index (κ3) is 6.48. The fourth-order valence-electron chi connectivity index (χ4n) is 1.95. The summed E-state index contributed by atoms with van der Waals surface area (Å²) in [4.78, 5) is 22.9. The highest BCUT2D eigenvalue weighted by Crippen LogP contribution is 2.22. The van der Waals surface area contributed by atoms with Gasteiger partial charge in [-0.15, -0.1) is 0 Å². The number of nitrogens with one attached hydrogen (secondary N) is 3. The highest BCUT2D eigenvalue weighted by molar-refractivity contribution is 7.80. The Balaban J connectivity index is 1.93. The lowest BCUT2D eigenvalue weighted by molar-refractivity contribution is -0.117. The van der Waals surface area contributed by atoms with Crippen molar-refractivity contribution in [1.82, 2.24) is 5.32 Å². The third-order valence-electron chi connectivity index (χ3n) is 3.08. The standard InChI is InChI=1S/C18H15Cl2N3O2S/c1-11(24)21-18(26)23-15-7-5-14(6-8-15)22-17(25)9-3-12-2-4-13(19)10-16(12)20/h2-10H,1H3,(H,22,25)(H2,21,23,24,26). The van der Waals surface area contributed by atoms with Gasteiger partial charge in [0.2, 0.25) is 11.8 Å². The van der Waals surface area contributed by atoms with Gasteiger partial charge in [-0.05, 0) is 60.3 Å². The van der Waals surface area contributed by atoms with Crippen molar-refractivity contribution in [1.29, 1.82) is 0 Å². The SMILES string of the molecule is CC(=O)NC(=S)Nc1ccc(NC(=O)C=Cc2ccc(Cl)cc2Cl)cc1.